The molecule has 0 saturated carbocycles. The van der Waals surface area contributed by atoms with Crippen LogP contribution in [0.15, 0.2) is 23.3 Å². The molecule has 182 valence electrons. The number of hydrogen-bond acceptors (Lipinski definition) is 8. The van der Waals surface area contributed by atoms with Gasteiger partial charge in [-0.15, -0.1) is 0 Å². The van der Waals surface area contributed by atoms with E-state index < -0.39 is 45.1 Å². The van der Waals surface area contributed by atoms with Crippen molar-refractivity contribution in [2.24, 2.45) is 5.92 Å². The van der Waals surface area contributed by atoms with Gasteiger partial charge in [0.2, 0.25) is 0 Å². The fourth-order valence-corrected chi connectivity index (χ4v) is 3.97. The zero-order valence-corrected chi connectivity index (χ0v) is 19.8. The van der Waals surface area contributed by atoms with E-state index >= 15 is 0 Å². The summed E-state index contributed by atoms with van der Waals surface area (Å²) in [5.41, 5.74) is 2.66. The van der Waals surface area contributed by atoms with E-state index in [2.05, 4.69) is 32.9 Å². The van der Waals surface area contributed by atoms with Crippen LogP contribution < -0.4 is 0 Å². The molecule has 1 rings (SSSR count). The molecule has 0 aliphatic carbocycles. The summed E-state index contributed by atoms with van der Waals surface area (Å²) >= 11 is 0. The standard InChI is InChI=1S/C21H39O9P/c1-14(2)7-5-8-15(3)9-6-10-16(4)11-12-28-31(26,27)30-21-20(25)19(24)18(23)17(13-22)29-21/h7,9,16-25H,5-6,8,10-13H2,1-4H3,(H,26,27)/t16?,17-,18-,19+,20-,21+/m1/s1. The van der Waals surface area contributed by atoms with Gasteiger partial charge in [0.05, 0.1) is 13.2 Å². The molecule has 0 spiro atoms. The SMILES string of the molecule is CC(C)=CCCC(C)=CCCC(C)CCOP(=O)(O)O[C@@H]1O[C@H](CO)[C@@H](O)[C@H](O)[C@H]1O. The molecule has 7 atom stereocenters. The maximum atomic E-state index is 12.1. The Bertz CT molecular complexity index is 630. The molecular weight excluding hydrogens is 427 g/mol. The first kappa shape index (κ1) is 28.4. The summed E-state index contributed by atoms with van der Waals surface area (Å²) in [7, 11) is -4.58. The third-order valence-electron chi connectivity index (χ3n) is 5.19. The van der Waals surface area contributed by atoms with Crippen molar-refractivity contribution in [1.29, 1.82) is 0 Å². The van der Waals surface area contributed by atoms with Crippen molar-refractivity contribution in [1.82, 2.24) is 0 Å². The monoisotopic (exact) mass is 466 g/mol. The van der Waals surface area contributed by atoms with Crippen LogP contribution in [-0.2, 0) is 18.3 Å². The quantitative estimate of drug-likeness (QED) is 0.204. The first-order valence-electron chi connectivity index (χ1n) is 10.7. The fraction of sp³-hybridized carbons (Fsp3) is 0.810. The first-order chi connectivity index (χ1) is 14.5. The number of aliphatic hydroxyl groups is 4. The smallest absolute Gasteiger partial charge is 0.394 e. The first-order valence-corrected chi connectivity index (χ1v) is 12.2. The molecule has 5 N–H and O–H groups in total. The molecule has 1 heterocycles. The van der Waals surface area contributed by atoms with Crippen LogP contribution in [0.1, 0.15) is 59.8 Å². The van der Waals surface area contributed by atoms with E-state index in [1.165, 1.54) is 11.1 Å². The van der Waals surface area contributed by atoms with Crippen LogP contribution in [-0.4, -0.2) is 69.2 Å². The Morgan fingerprint density at radius 1 is 1.06 bits per heavy atom. The van der Waals surface area contributed by atoms with Gasteiger partial charge in [0, 0.05) is 0 Å². The number of aliphatic hydroxyl groups excluding tert-OH is 4. The summed E-state index contributed by atoms with van der Waals surface area (Å²) < 4.78 is 27.0. The van der Waals surface area contributed by atoms with E-state index in [-0.39, 0.29) is 12.5 Å². The second kappa shape index (κ2) is 13.8. The van der Waals surface area contributed by atoms with E-state index in [0.717, 1.165) is 25.7 Å². The Balaban J connectivity index is 2.36. The highest BCUT2D eigenvalue weighted by atomic mass is 31.2. The van der Waals surface area contributed by atoms with Crippen molar-refractivity contribution in [2.75, 3.05) is 13.2 Å². The van der Waals surface area contributed by atoms with E-state index in [4.69, 9.17) is 18.9 Å². The molecular formula is C21H39O9P. The minimum absolute atomic E-state index is 0.0321. The second-order valence-electron chi connectivity index (χ2n) is 8.45. The minimum atomic E-state index is -4.58. The Morgan fingerprint density at radius 3 is 2.35 bits per heavy atom. The van der Waals surface area contributed by atoms with Crippen molar-refractivity contribution >= 4 is 7.82 Å². The maximum Gasteiger partial charge on any atom is 0.474 e. The summed E-state index contributed by atoms with van der Waals surface area (Å²) in [5.74, 6) is 0.258. The molecule has 0 bridgehead atoms. The van der Waals surface area contributed by atoms with Gasteiger partial charge in [0.1, 0.15) is 24.4 Å². The van der Waals surface area contributed by atoms with E-state index in [1.54, 1.807) is 0 Å². The van der Waals surface area contributed by atoms with Crippen LogP contribution in [0.25, 0.3) is 0 Å². The number of hydrogen-bond donors (Lipinski definition) is 5. The lowest BCUT2D eigenvalue weighted by Gasteiger charge is -2.39. The predicted octanol–water partition coefficient (Wildman–Crippen LogP) is 2.42. The van der Waals surface area contributed by atoms with Gasteiger partial charge in [-0.05, 0) is 58.8 Å². The molecule has 9 nitrogen and oxygen atoms in total. The lowest BCUT2D eigenvalue weighted by atomic mass is 10.00. The Labute approximate surface area is 185 Å². The van der Waals surface area contributed by atoms with Crippen molar-refractivity contribution < 1.29 is 43.7 Å². The lowest BCUT2D eigenvalue weighted by molar-refractivity contribution is -0.281. The third-order valence-corrected chi connectivity index (χ3v) is 6.18. The van der Waals surface area contributed by atoms with Gasteiger partial charge in [0.25, 0.3) is 0 Å². The molecule has 1 aliphatic heterocycles. The second-order valence-corrected chi connectivity index (χ2v) is 9.85. The van der Waals surface area contributed by atoms with Gasteiger partial charge in [-0.3, -0.25) is 9.05 Å². The van der Waals surface area contributed by atoms with Gasteiger partial charge in [-0.1, -0.05) is 30.2 Å². The highest BCUT2D eigenvalue weighted by molar-refractivity contribution is 7.47. The molecule has 0 amide bonds. The molecule has 2 unspecified atom stereocenters. The molecule has 10 heteroatoms. The summed E-state index contributed by atoms with van der Waals surface area (Å²) in [6, 6.07) is 0. The number of ether oxygens (including phenoxy) is 1. The summed E-state index contributed by atoms with van der Waals surface area (Å²) in [4.78, 5) is 9.88. The van der Waals surface area contributed by atoms with Crippen LogP contribution in [0.4, 0.5) is 0 Å². The molecule has 0 aromatic carbocycles. The highest BCUT2D eigenvalue weighted by Crippen LogP contribution is 2.46. The van der Waals surface area contributed by atoms with Gasteiger partial charge in [0.15, 0.2) is 6.29 Å². The Kier molecular flexibility index (Phi) is 12.7. The summed E-state index contributed by atoms with van der Waals surface area (Å²) in [6.07, 6.45) is 0.864. The average molecular weight is 467 g/mol. The highest BCUT2D eigenvalue weighted by Gasteiger charge is 2.46. The molecule has 31 heavy (non-hydrogen) atoms. The van der Waals surface area contributed by atoms with Gasteiger partial charge < -0.3 is 30.1 Å². The van der Waals surface area contributed by atoms with Crippen LogP contribution in [0.3, 0.4) is 0 Å². The van der Waals surface area contributed by atoms with Crippen molar-refractivity contribution in [3.05, 3.63) is 23.3 Å². The molecule has 0 aromatic rings. The number of allylic oxidation sites excluding steroid dienone is 4. The van der Waals surface area contributed by atoms with Crippen molar-refractivity contribution in [3.8, 4) is 0 Å². The summed E-state index contributed by atoms with van der Waals surface area (Å²) in [5, 5.41) is 38.5. The molecule has 1 saturated heterocycles. The molecule has 1 aliphatic rings. The van der Waals surface area contributed by atoms with E-state index in [1.807, 2.05) is 6.92 Å². The molecule has 1 fully saturated rings. The lowest BCUT2D eigenvalue weighted by Crippen LogP contribution is -2.58. The number of rotatable bonds is 13. The van der Waals surface area contributed by atoms with Crippen molar-refractivity contribution in [3.63, 3.8) is 0 Å². The number of phosphoric acid groups is 1. The predicted molar refractivity (Wildman–Crippen MR) is 116 cm³/mol. The van der Waals surface area contributed by atoms with Crippen LogP contribution in [0, 0.1) is 5.92 Å². The van der Waals surface area contributed by atoms with Crippen molar-refractivity contribution in [2.45, 2.75) is 90.5 Å². The zero-order valence-electron chi connectivity index (χ0n) is 18.9. The summed E-state index contributed by atoms with van der Waals surface area (Å²) in [6.45, 7) is 7.62. The van der Waals surface area contributed by atoms with Gasteiger partial charge in [-0.2, -0.15) is 0 Å². The topological polar surface area (TPSA) is 146 Å². The fourth-order valence-electron chi connectivity index (χ4n) is 3.13. The third kappa shape index (κ3) is 10.7. The van der Waals surface area contributed by atoms with Crippen LogP contribution in [0.5, 0.6) is 0 Å². The van der Waals surface area contributed by atoms with E-state index in [0.29, 0.717) is 6.42 Å². The molecule has 0 radical (unpaired) electrons. The largest absolute Gasteiger partial charge is 0.474 e. The van der Waals surface area contributed by atoms with E-state index in [9.17, 15) is 24.8 Å². The van der Waals surface area contributed by atoms with Crippen LogP contribution in [0.2, 0.25) is 0 Å². The van der Waals surface area contributed by atoms with Crippen LogP contribution >= 0.6 is 7.82 Å². The maximum absolute atomic E-state index is 12.1. The Hall–Kier alpha value is -0.610. The molecule has 0 aromatic heterocycles. The minimum Gasteiger partial charge on any atom is -0.394 e. The average Bonchev–Trinajstić information content (AvgIpc) is 2.67. The van der Waals surface area contributed by atoms with Gasteiger partial charge >= 0.3 is 7.82 Å². The van der Waals surface area contributed by atoms with Gasteiger partial charge in [-0.25, -0.2) is 4.57 Å². The zero-order chi connectivity index (χ0) is 23.6. The normalized spacial score (nSPS) is 30.0. The number of phosphoric ester groups is 1. The Morgan fingerprint density at radius 2 is 1.74 bits per heavy atom.